The smallest absolute Gasteiger partial charge is 0.422 e. The molecule has 2 rings (SSSR count). The molecule has 1 fully saturated rings. The van der Waals surface area contributed by atoms with Gasteiger partial charge in [-0.05, 0) is 44.5 Å². The summed E-state index contributed by atoms with van der Waals surface area (Å²) in [5.74, 6) is 0.863. The Morgan fingerprint density at radius 1 is 1.09 bits per heavy atom. The number of piperazine rings is 1. The van der Waals surface area contributed by atoms with Crippen molar-refractivity contribution in [3.05, 3.63) is 29.3 Å². The molecule has 0 unspecified atom stereocenters. The standard InChI is InChI=1S/C22H36F3N5O.HI/c1-4-29-11-13-30(14-12-29)10-6-5-9-27-21(26-3)28-16-19-8-7-18(2)15-20(19)31-17-22(23,24)25;/h7-8,15H,4-6,9-14,16-17H2,1-3H3,(H2,26,27,28);1H. The molecule has 6 nitrogen and oxygen atoms in total. The molecule has 1 saturated heterocycles. The number of ether oxygens (including phenoxy) is 1. The third-order valence-corrected chi connectivity index (χ3v) is 5.39. The summed E-state index contributed by atoms with van der Waals surface area (Å²) < 4.78 is 42.6. The topological polar surface area (TPSA) is 52.1 Å². The zero-order valence-corrected chi connectivity index (χ0v) is 21.6. The van der Waals surface area contributed by atoms with Crippen molar-refractivity contribution >= 4 is 29.9 Å². The maximum atomic E-state index is 12.5. The van der Waals surface area contributed by atoms with E-state index in [0.717, 1.165) is 64.2 Å². The van der Waals surface area contributed by atoms with Crippen molar-refractivity contribution in [2.75, 3.05) is 59.5 Å². The van der Waals surface area contributed by atoms with Gasteiger partial charge in [0.2, 0.25) is 0 Å². The van der Waals surface area contributed by atoms with Crippen molar-refractivity contribution in [1.82, 2.24) is 20.4 Å². The number of hydrogen-bond donors (Lipinski definition) is 2. The molecule has 1 aromatic rings. The van der Waals surface area contributed by atoms with Gasteiger partial charge in [-0.15, -0.1) is 24.0 Å². The number of guanidine groups is 1. The summed E-state index contributed by atoms with van der Waals surface area (Å²) in [5.41, 5.74) is 1.50. The van der Waals surface area contributed by atoms with E-state index >= 15 is 0 Å². The summed E-state index contributed by atoms with van der Waals surface area (Å²) in [5, 5.41) is 6.43. The van der Waals surface area contributed by atoms with E-state index in [1.807, 2.05) is 13.0 Å². The molecular weight excluding hydrogens is 534 g/mol. The van der Waals surface area contributed by atoms with E-state index in [1.165, 1.54) is 0 Å². The highest BCUT2D eigenvalue weighted by atomic mass is 127. The van der Waals surface area contributed by atoms with E-state index in [0.29, 0.717) is 18.1 Å². The van der Waals surface area contributed by atoms with Gasteiger partial charge in [0.05, 0.1) is 0 Å². The zero-order valence-electron chi connectivity index (χ0n) is 19.3. The van der Waals surface area contributed by atoms with Crippen LogP contribution in [0.15, 0.2) is 23.2 Å². The third kappa shape index (κ3) is 11.0. The lowest BCUT2D eigenvalue weighted by Gasteiger charge is -2.34. The van der Waals surface area contributed by atoms with Gasteiger partial charge in [0.25, 0.3) is 0 Å². The molecule has 1 aliphatic rings. The molecular formula is C22H37F3IN5O. The average Bonchev–Trinajstić information content (AvgIpc) is 2.75. The molecule has 0 radical (unpaired) electrons. The highest BCUT2D eigenvalue weighted by molar-refractivity contribution is 14.0. The Balaban J connectivity index is 0.00000512. The summed E-state index contributed by atoms with van der Waals surface area (Å²) in [6.07, 6.45) is -2.22. The van der Waals surface area contributed by atoms with E-state index in [-0.39, 0.29) is 29.7 Å². The molecule has 1 heterocycles. The molecule has 2 N–H and O–H groups in total. The van der Waals surface area contributed by atoms with Crippen LogP contribution in [0.25, 0.3) is 0 Å². The Hall–Kier alpha value is -1.27. The predicted molar refractivity (Wildman–Crippen MR) is 134 cm³/mol. The van der Waals surface area contributed by atoms with E-state index < -0.39 is 12.8 Å². The van der Waals surface area contributed by atoms with Crippen LogP contribution < -0.4 is 15.4 Å². The van der Waals surface area contributed by atoms with E-state index in [4.69, 9.17) is 4.74 Å². The molecule has 0 aromatic heterocycles. The van der Waals surface area contributed by atoms with Gasteiger partial charge in [-0.3, -0.25) is 4.99 Å². The zero-order chi connectivity index (χ0) is 22.7. The number of rotatable bonds is 10. The fourth-order valence-corrected chi connectivity index (χ4v) is 3.50. The normalized spacial score (nSPS) is 15.9. The minimum atomic E-state index is -4.37. The molecule has 184 valence electrons. The fourth-order valence-electron chi connectivity index (χ4n) is 3.50. The van der Waals surface area contributed by atoms with Gasteiger partial charge in [0.15, 0.2) is 12.6 Å². The van der Waals surface area contributed by atoms with Crippen LogP contribution >= 0.6 is 24.0 Å². The van der Waals surface area contributed by atoms with Gasteiger partial charge >= 0.3 is 6.18 Å². The average molecular weight is 571 g/mol. The van der Waals surface area contributed by atoms with Crippen LogP contribution in [0.2, 0.25) is 0 Å². The summed E-state index contributed by atoms with van der Waals surface area (Å²) in [6, 6.07) is 5.26. The maximum Gasteiger partial charge on any atom is 0.422 e. The highest BCUT2D eigenvalue weighted by Gasteiger charge is 2.28. The predicted octanol–water partition coefficient (Wildman–Crippen LogP) is 3.64. The summed E-state index contributed by atoms with van der Waals surface area (Å²) in [7, 11) is 1.68. The van der Waals surface area contributed by atoms with E-state index in [9.17, 15) is 13.2 Å². The van der Waals surface area contributed by atoms with Crippen molar-refractivity contribution in [1.29, 1.82) is 0 Å². The molecule has 0 amide bonds. The first-order chi connectivity index (χ1) is 14.8. The second-order valence-corrected chi connectivity index (χ2v) is 7.85. The van der Waals surface area contributed by atoms with Gasteiger partial charge in [0, 0.05) is 51.9 Å². The van der Waals surface area contributed by atoms with Gasteiger partial charge < -0.3 is 25.2 Å². The number of nitrogens with zero attached hydrogens (tertiary/aromatic N) is 3. The minimum absolute atomic E-state index is 0. The van der Waals surface area contributed by atoms with Crippen molar-refractivity contribution in [3.63, 3.8) is 0 Å². The SMILES string of the molecule is CCN1CCN(CCCCNC(=NC)NCc2ccc(C)cc2OCC(F)(F)F)CC1.I. The Labute approximate surface area is 207 Å². The molecule has 0 bridgehead atoms. The van der Waals surface area contributed by atoms with Crippen LogP contribution in [0.1, 0.15) is 30.9 Å². The Kier molecular flexibility index (Phi) is 13.3. The molecule has 10 heteroatoms. The molecule has 1 aliphatic heterocycles. The lowest BCUT2D eigenvalue weighted by molar-refractivity contribution is -0.153. The quantitative estimate of drug-likeness (QED) is 0.195. The number of hydrogen-bond acceptors (Lipinski definition) is 4. The second kappa shape index (κ2) is 14.8. The van der Waals surface area contributed by atoms with Crippen LogP contribution in [0, 0.1) is 6.92 Å². The van der Waals surface area contributed by atoms with Crippen molar-refractivity contribution in [3.8, 4) is 5.75 Å². The summed E-state index contributed by atoms with van der Waals surface area (Å²) in [6.45, 7) is 10.7. The van der Waals surface area contributed by atoms with Crippen LogP contribution in [-0.4, -0.2) is 81.4 Å². The van der Waals surface area contributed by atoms with Gasteiger partial charge in [0.1, 0.15) is 5.75 Å². The first-order valence-electron chi connectivity index (χ1n) is 11.0. The van der Waals surface area contributed by atoms with E-state index in [2.05, 4.69) is 32.3 Å². The molecule has 0 spiro atoms. The number of nitrogens with one attached hydrogen (secondary N) is 2. The Bertz CT molecular complexity index is 695. The van der Waals surface area contributed by atoms with E-state index in [1.54, 1.807) is 19.2 Å². The van der Waals surface area contributed by atoms with Crippen LogP contribution in [0.5, 0.6) is 5.75 Å². The minimum Gasteiger partial charge on any atom is -0.484 e. The summed E-state index contributed by atoms with van der Waals surface area (Å²) in [4.78, 5) is 9.19. The largest absolute Gasteiger partial charge is 0.484 e. The van der Waals surface area contributed by atoms with Gasteiger partial charge in [-0.2, -0.15) is 13.2 Å². The van der Waals surface area contributed by atoms with Crippen LogP contribution in [0.4, 0.5) is 13.2 Å². The number of unbranched alkanes of at least 4 members (excludes halogenated alkanes) is 1. The number of likely N-dealkylation sites (N-methyl/N-ethyl adjacent to an activating group) is 1. The lowest BCUT2D eigenvalue weighted by Crippen LogP contribution is -2.46. The number of halogens is 4. The van der Waals surface area contributed by atoms with Gasteiger partial charge in [-0.25, -0.2) is 0 Å². The number of aliphatic imine (C=N–C) groups is 1. The van der Waals surface area contributed by atoms with Crippen molar-refractivity contribution < 1.29 is 17.9 Å². The Morgan fingerprint density at radius 2 is 1.78 bits per heavy atom. The Morgan fingerprint density at radius 3 is 2.41 bits per heavy atom. The number of aryl methyl sites for hydroxylation is 1. The molecule has 0 saturated carbocycles. The fraction of sp³-hybridized carbons (Fsp3) is 0.682. The monoisotopic (exact) mass is 571 g/mol. The van der Waals surface area contributed by atoms with Crippen molar-refractivity contribution in [2.45, 2.75) is 39.4 Å². The number of benzene rings is 1. The van der Waals surface area contributed by atoms with Crippen LogP contribution in [-0.2, 0) is 6.54 Å². The number of alkyl halides is 3. The molecule has 0 atom stereocenters. The third-order valence-electron chi connectivity index (χ3n) is 5.39. The first-order valence-corrected chi connectivity index (χ1v) is 11.0. The highest BCUT2D eigenvalue weighted by Crippen LogP contribution is 2.23. The lowest BCUT2D eigenvalue weighted by atomic mass is 10.1. The van der Waals surface area contributed by atoms with Crippen molar-refractivity contribution in [2.24, 2.45) is 4.99 Å². The van der Waals surface area contributed by atoms with Gasteiger partial charge in [-0.1, -0.05) is 19.1 Å². The molecule has 1 aromatic carbocycles. The maximum absolute atomic E-state index is 12.5. The summed E-state index contributed by atoms with van der Waals surface area (Å²) >= 11 is 0. The molecule has 0 aliphatic carbocycles. The second-order valence-electron chi connectivity index (χ2n) is 7.85. The first kappa shape index (κ1) is 28.8. The molecule has 32 heavy (non-hydrogen) atoms. The van der Waals surface area contributed by atoms with Crippen LogP contribution in [0.3, 0.4) is 0 Å².